The third kappa shape index (κ3) is 2.33. The maximum absolute atomic E-state index is 2.41. The van der Waals surface area contributed by atoms with E-state index in [1.54, 1.807) is 4.90 Å². The molecule has 1 aliphatic rings. The Hall–Kier alpha value is -0.0800. The second-order valence-corrected chi connectivity index (χ2v) is 3.11. The fourth-order valence-electron chi connectivity index (χ4n) is 1.27. The lowest BCUT2D eigenvalue weighted by atomic mass is 10.4. The maximum atomic E-state index is 2.41. The fourth-order valence-corrected chi connectivity index (χ4v) is 1.27. The van der Waals surface area contributed by atoms with Crippen molar-refractivity contribution in [1.29, 1.82) is 0 Å². The molecule has 0 radical (unpaired) electrons. The van der Waals surface area contributed by atoms with Crippen molar-refractivity contribution in [2.45, 2.75) is 6.42 Å². The lowest BCUT2D eigenvalue weighted by Crippen LogP contribution is -3.09. The van der Waals surface area contributed by atoms with Crippen molar-refractivity contribution >= 4 is 0 Å². The molecule has 0 saturated carbocycles. The van der Waals surface area contributed by atoms with Crippen LogP contribution in [0.5, 0.6) is 0 Å². The molecule has 54 valence electrons. The Kier molecular flexibility index (Phi) is 2.49. The highest BCUT2D eigenvalue weighted by atomic mass is 15.2. The molecule has 0 bridgehead atoms. The van der Waals surface area contributed by atoms with Crippen molar-refractivity contribution in [3.63, 3.8) is 0 Å². The van der Waals surface area contributed by atoms with Crippen LogP contribution >= 0.6 is 0 Å². The number of rotatable bonds is 0. The number of hydrogen-bond acceptors (Lipinski definition) is 1. The number of likely N-dealkylation sites (N-methyl/N-ethyl adjacent to an activating group) is 2. The topological polar surface area (TPSA) is 7.68 Å². The summed E-state index contributed by atoms with van der Waals surface area (Å²) in [5, 5.41) is 0. The predicted molar refractivity (Wildman–Crippen MR) is 38.7 cm³/mol. The van der Waals surface area contributed by atoms with E-state index in [4.69, 9.17) is 0 Å². The van der Waals surface area contributed by atoms with Crippen LogP contribution in [-0.2, 0) is 0 Å². The van der Waals surface area contributed by atoms with Crippen LogP contribution in [0, 0.1) is 0 Å². The molecule has 1 heterocycles. The molecule has 1 fully saturated rings. The Morgan fingerprint density at radius 3 is 2.78 bits per heavy atom. The summed E-state index contributed by atoms with van der Waals surface area (Å²) in [6.07, 6.45) is 1.36. The molecular weight excluding hydrogens is 112 g/mol. The van der Waals surface area contributed by atoms with Gasteiger partial charge in [-0.2, -0.15) is 0 Å². The average Bonchev–Trinajstić information content (AvgIpc) is 1.97. The molecule has 0 aromatic heterocycles. The zero-order valence-corrected chi connectivity index (χ0v) is 6.48. The van der Waals surface area contributed by atoms with Gasteiger partial charge in [-0.15, -0.1) is 0 Å². The van der Waals surface area contributed by atoms with Crippen molar-refractivity contribution in [1.82, 2.24) is 4.90 Å². The molecule has 1 N–H and O–H groups in total. The summed E-state index contributed by atoms with van der Waals surface area (Å²) < 4.78 is 0. The van der Waals surface area contributed by atoms with Crippen molar-refractivity contribution in [2.24, 2.45) is 0 Å². The molecule has 0 aliphatic carbocycles. The first-order valence-corrected chi connectivity index (χ1v) is 3.79. The Labute approximate surface area is 57.4 Å². The number of hydrogen-bond donors (Lipinski definition) is 1. The molecule has 2 nitrogen and oxygen atoms in total. The van der Waals surface area contributed by atoms with Crippen LogP contribution in [0.2, 0.25) is 0 Å². The number of nitrogens with one attached hydrogen (secondary N) is 1. The van der Waals surface area contributed by atoms with E-state index in [2.05, 4.69) is 19.0 Å². The van der Waals surface area contributed by atoms with Gasteiger partial charge in [-0.3, -0.25) is 0 Å². The van der Waals surface area contributed by atoms with Gasteiger partial charge in [0.05, 0.1) is 20.1 Å². The Morgan fingerprint density at radius 1 is 1.22 bits per heavy atom. The third-order valence-electron chi connectivity index (χ3n) is 2.06. The minimum absolute atomic E-state index is 1.27. The lowest BCUT2D eigenvalue weighted by Gasteiger charge is -2.10. The summed E-state index contributed by atoms with van der Waals surface area (Å²) in [5.74, 6) is 0. The molecule has 2 heteroatoms. The minimum Gasteiger partial charge on any atom is -0.336 e. The second-order valence-electron chi connectivity index (χ2n) is 3.11. The third-order valence-corrected chi connectivity index (χ3v) is 2.06. The zero-order valence-electron chi connectivity index (χ0n) is 6.48. The standard InChI is InChI=1S/C7H16N2/c1-8-4-3-5-9(2)7-6-8/h3-7H2,1-2H3/p+1. The van der Waals surface area contributed by atoms with Crippen LogP contribution in [0.3, 0.4) is 0 Å². The molecule has 1 unspecified atom stereocenters. The molecule has 1 saturated heterocycles. The van der Waals surface area contributed by atoms with Gasteiger partial charge in [0.25, 0.3) is 0 Å². The maximum Gasteiger partial charge on any atom is 0.0898 e. The Balaban J connectivity index is 2.25. The van der Waals surface area contributed by atoms with E-state index in [1.165, 1.54) is 32.6 Å². The van der Waals surface area contributed by atoms with Crippen LogP contribution in [0.15, 0.2) is 0 Å². The molecule has 0 amide bonds. The number of nitrogens with zero attached hydrogens (tertiary/aromatic N) is 1. The predicted octanol–water partition coefficient (Wildman–Crippen LogP) is -1.16. The smallest absolute Gasteiger partial charge is 0.0898 e. The molecule has 0 spiro atoms. The highest BCUT2D eigenvalue weighted by Crippen LogP contribution is 1.85. The molecule has 0 aromatic carbocycles. The van der Waals surface area contributed by atoms with E-state index in [0.29, 0.717) is 0 Å². The van der Waals surface area contributed by atoms with Crippen LogP contribution in [0.25, 0.3) is 0 Å². The summed E-state index contributed by atoms with van der Waals surface area (Å²) in [6, 6.07) is 0. The number of quaternary nitrogens is 1. The van der Waals surface area contributed by atoms with E-state index in [0.717, 1.165) is 0 Å². The molecular formula is C7H17N2+. The van der Waals surface area contributed by atoms with Gasteiger partial charge in [0.15, 0.2) is 0 Å². The first-order valence-electron chi connectivity index (χ1n) is 3.79. The highest BCUT2D eigenvalue weighted by molar-refractivity contribution is 4.52. The second kappa shape index (κ2) is 3.18. The first kappa shape index (κ1) is 7.03. The van der Waals surface area contributed by atoms with Gasteiger partial charge < -0.3 is 9.80 Å². The van der Waals surface area contributed by atoms with Crippen LogP contribution in [0.4, 0.5) is 0 Å². The van der Waals surface area contributed by atoms with E-state index in [1.807, 2.05) is 0 Å². The average molecular weight is 129 g/mol. The van der Waals surface area contributed by atoms with Crippen LogP contribution in [0.1, 0.15) is 6.42 Å². The van der Waals surface area contributed by atoms with E-state index in [9.17, 15) is 0 Å². The molecule has 0 aromatic rings. The first-order chi connectivity index (χ1) is 4.29. The van der Waals surface area contributed by atoms with Crippen molar-refractivity contribution in [3.05, 3.63) is 0 Å². The SMILES string of the molecule is CN1CCC[NH+](C)CC1. The normalized spacial score (nSPS) is 32.0. The van der Waals surface area contributed by atoms with Gasteiger partial charge in [0.1, 0.15) is 0 Å². The van der Waals surface area contributed by atoms with Crippen LogP contribution < -0.4 is 4.90 Å². The molecule has 9 heavy (non-hydrogen) atoms. The van der Waals surface area contributed by atoms with E-state index < -0.39 is 0 Å². The molecule has 1 aliphatic heterocycles. The molecule has 1 atom stereocenters. The van der Waals surface area contributed by atoms with E-state index in [-0.39, 0.29) is 0 Å². The van der Waals surface area contributed by atoms with Gasteiger partial charge in [-0.1, -0.05) is 0 Å². The summed E-state index contributed by atoms with van der Waals surface area (Å²) in [6.45, 7) is 5.23. The lowest BCUT2D eigenvalue weighted by molar-refractivity contribution is -0.877. The minimum atomic E-state index is 1.27. The quantitative estimate of drug-likeness (QED) is 0.433. The monoisotopic (exact) mass is 129 g/mol. The Bertz CT molecular complexity index is 73.0. The Morgan fingerprint density at radius 2 is 2.00 bits per heavy atom. The van der Waals surface area contributed by atoms with Crippen molar-refractivity contribution in [3.8, 4) is 0 Å². The van der Waals surface area contributed by atoms with Crippen molar-refractivity contribution < 1.29 is 4.90 Å². The highest BCUT2D eigenvalue weighted by Gasteiger charge is 2.09. The van der Waals surface area contributed by atoms with Crippen molar-refractivity contribution in [2.75, 3.05) is 40.3 Å². The van der Waals surface area contributed by atoms with Gasteiger partial charge in [-0.25, -0.2) is 0 Å². The van der Waals surface area contributed by atoms with Crippen LogP contribution in [-0.4, -0.2) is 45.2 Å². The summed E-state index contributed by atoms with van der Waals surface area (Å²) in [5.41, 5.74) is 0. The molecule has 1 rings (SSSR count). The summed E-state index contributed by atoms with van der Waals surface area (Å²) in [4.78, 5) is 4.09. The van der Waals surface area contributed by atoms with Gasteiger partial charge in [-0.05, 0) is 7.05 Å². The fraction of sp³-hybridized carbons (Fsp3) is 1.00. The zero-order chi connectivity index (χ0) is 6.69. The van der Waals surface area contributed by atoms with Gasteiger partial charge in [0, 0.05) is 19.5 Å². The summed E-state index contributed by atoms with van der Waals surface area (Å²) in [7, 11) is 4.48. The van der Waals surface area contributed by atoms with E-state index >= 15 is 0 Å². The largest absolute Gasteiger partial charge is 0.336 e. The van der Waals surface area contributed by atoms with Gasteiger partial charge >= 0.3 is 0 Å². The summed E-state index contributed by atoms with van der Waals surface area (Å²) >= 11 is 0. The van der Waals surface area contributed by atoms with Gasteiger partial charge in [0.2, 0.25) is 0 Å².